The van der Waals surface area contributed by atoms with Gasteiger partial charge >= 0.3 is 5.97 Å². The molecule has 1 unspecified atom stereocenters. The number of benzene rings is 1. The highest BCUT2D eigenvalue weighted by Crippen LogP contribution is 2.40. The molecule has 1 aliphatic heterocycles. The van der Waals surface area contributed by atoms with Crippen molar-refractivity contribution in [3.8, 4) is 5.75 Å². The summed E-state index contributed by atoms with van der Waals surface area (Å²) < 4.78 is 5.71. The second-order valence-corrected chi connectivity index (χ2v) is 5.55. The Kier molecular flexibility index (Phi) is 4.13. The molecule has 2 rings (SSSR count). The average Bonchev–Trinajstić information content (AvgIpc) is 2.44. The first kappa shape index (κ1) is 13.9. The van der Waals surface area contributed by atoms with Gasteiger partial charge in [-0.05, 0) is 30.4 Å². The third-order valence-electron chi connectivity index (χ3n) is 4.29. The lowest BCUT2D eigenvalue weighted by Gasteiger charge is -2.36. The number of hydrogen-bond donors (Lipinski definition) is 1. The molecular formula is C16H22O3. The van der Waals surface area contributed by atoms with E-state index >= 15 is 0 Å². The Bertz CT molecular complexity index is 451. The van der Waals surface area contributed by atoms with Gasteiger partial charge in [-0.15, -0.1) is 0 Å². The van der Waals surface area contributed by atoms with Crippen LogP contribution in [0.1, 0.15) is 38.7 Å². The number of rotatable bonds is 5. The van der Waals surface area contributed by atoms with Crippen LogP contribution in [0.2, 0.25) is 0 Å². The molecule has 0 aliphatic carbocycles. The summed E-state index contributed by atoms with van der Waals surface area (Å²) in [5.74, 6) is 0.558. The van der Waals surface area contributed by atoms with Crippen molar-refractivity contribution >= 4 is 5.97 Å². The fraction of sp³-hybridized carbons (Fsp3) is 0.562. The van der Waals surface area contributed by atoms with Crippen molar-refractivity contribution in [3.63, 3.8) is 0 Å². The van der Waals surface area contributed by atoms with E-state index in [1.807, 2.05) is 24.3 Å². The van der Waals surface area contributed by atoms with Crippen LogP contribution in [0.25, 0.3) is 0 Å². The Morgan fingerprint density at radius 2 is 2.05 bits per heavy atom. The molecule has 0 saturated heterocycles. The van der Waals surface area contributed by atoms with Crippen LogP contribution in [0.5, 0.6) is 5.75 Å². The summed E-state index contributed by atoms with van der Waals surface area (Å²) in [4.78, 5) is 11.8. The van der Waals surface area contributed by atoms with Gasteiger partial charge in [-0.25, -0.2) is 0 Å². The number of carboxylic acid groups (broad SMARTS) is 1. The highest BCUT2D eigenvalue weighted by molar-refractivity contribution is 5.76. The molecule has 0 fully saturated rings. The molecule has 0 aromatic heterocycles. The van der Waals surface area contributed by atoms with E-state index in [4.69, 9.17) is 4.74 Å². The number of aliphatic carboxylic acids is 1. The Morgan fingerprint density at radius 3 is 2.68 bits per heavy atom. The maximum Gasteiger partial charge on any atom is 0.313 e. The SMILES string of the molecule is CCC(CC)CC1(C(=O)O)COc2ccccc2C1. The van der Waals surface area contributed by atoms with Crippen molar-refractivity contribution < 1.29 is 14.6 Å². The minimum atomic E-state index is -0.759. The van der Waals surface area contributed by atoms with Crippen LogP contribution in [0.4, 0.5) is 0 Å². The third-order valence-corrected chi connectivity index (χ3v) is 4.29. The van der Waals surface area contributed by atoms with Crippen molar-refractivity contribution in [3.05, 3.63) is 29.8 Å². The van der Waals surface area contributed by atoms with Gasteiger partial charge in [0.05, 0.1) is 0 Å². The van der Waals surface area contributed by atoms with Crippen LogP contribution < -0.4 is 4.74 Å². The first-order valence-electron chi connectivity index (χ1n) is 7.05. The molecular weight excluding hydrogens is 240 g/mol. The average molecular weight is 262 g/mol. The Hall–Kier alpha value is -1.51. The zero-order valence-corrected chi connectivity index (χ0v) is 11.7. The lowest BCUT2D eigenvalue weighted by molar-refractivity contribution is -0.153. The molecule has 1 atom stereocenters. The number of fused-ring (bicyclic) bond motifs is 1. The molecule has 3 nitrogen and oxygen atoms in total. The fourth-order valence-corrected chi connectivity index (χ4v) is 2.91. The van der Waals surface area contributed by atoms with Crippen LogP contribution in [0, 0.1) is 11.3 Å². The van der Waals surface area contributed by atoms with Crippen molar-refractivity contribution in [1.82, 2.24) is 0 Å². The van der Waals surface area contributed by atoms with Gasteiger partial charge in [0.2, 0.25) is 0 Å². The summed E-state index contributed by atoms with van der Waals surface area (Å²) in [6, 6.07) is 7.75. The number of ether oxygens (including phenoxy) is 1. The fourth-order valence-electron chi connectivity index (χ4n) is 2.91. The molecule has 1 aromatic rings. The molecule has 0 bridgehead atoms. The van der Waals surface area contributed by atoms with Gasteiger partial charge in [-0.1, -0.05) is 44.9 Å². The zero-order valence-electron chi connectivity index (χ0n) is 11.7. The summed E-state index contributed by atoms with van der Waals surface area (Å²) in [6.45, 7) is 4.54. The van der Waals surface area contributed by atoms with Crippen molar-refractivity contribution in [1.29, 1.82) is 0 Å². The maximum atomic E-state index is 11.8. The quantitative estimate of drug-likeness (QED) is 0.883. The molecule has 0 amide bonds. The highest BCUT2D eigenvalue weighted by Gasteiger charge is 2.44. The zero-order chi connectivity index (χ0) is 13.9. The van der Waals surface area contributed by atoms with Crippen molar-refractivity contribution in [2.45, 2.75) is 39.5 Å². The standard InChI is InChI=1S/C16H22O3/c1-3-12(4-2)9-16(15(17)18)10-13-7-5-6-8-14(13)19-11-16/h5-8,12H,3-4,9-11H2,1-2H3,(H,17,18). The van der Waals surface area contributed by atoms with E-state index in [0.29, 0.717) is 18.8 Å². The lowest BCUT2D eigenvalue weighted by atomic mass is 9.73. The second-order valence-electron chi connectivity index (χ2n) is 5.55. The van der Waals surface area contributed by atoms with Crippen LogP contribution >= 0.6 is 0 Å². The van der Waals surface area contributed by atoms with Crippen LogP contribution in [0.3, 0.4) is 0 Å². The molecule has 0 saturated carbocycles. The molecule has 1 N–H and O–H groups in total. The monoisotopic (exact) mass is 262 g/mol. The molecule has 1 aliphatic rings. The van der Waals surface area contributed by atoms with Gasteiger partial charge in [0.15, 0.2) is 0 Å². The van der Waals surface area contributed by atoms with Crippen LogP contribution in [-0.4, -0.2) is 17.7 Å². The van der Waals surface area contributed by atoms with E-state index in [1.54, 1.807) is 0 Å². The summed E-state index contributed by atoms with van der Waals surface area (Å²) in [5.41, 5.74) is 0.257. The van der Waals surface area contributed by atoms with Gasteiger partial charge in [0.25, 0.3) is 0 Å². The van der Waals surface area contributed by atoms with Gasteiger partial charge in [-0.3, -0.25) is 4.79 Å². The minimum absolute atomic E-state index is 0.288. The molecule has 3 heteroatoms. The molecule has 104 valence electrons. The van der Waals surface area contributed by atoms with E-state index in [2.05, 4.69) is 13.8 Å². The van der Waals surface area contributed by atoms with Crippen LogP contribution in [0.15, 0.2) is 24.3 Å². The molecule has 1 aromatic carbocycles. The second kappa shape index (κ2) is 5.64. The molecule has 1 heterocycles. The van der Waals surface area contributed by atoms with Gasteiger partial charge in [0, 0.05) is 0 Å². The van der Waals surface area contributed by atoms with E-state index in [0.717, 1.165) is 24.2 Å². The predicted octanol–water partition coefficient (Wildman–Crippen LogP) is 3.52. The number of carbonyl (C=O) groups is 1. The van der Waals surface area contributed by atoms with E-state index in [9.17, 15) is 9.90 Å². The van der Waals surface area contributed by atoms with Gasteiger partial charge in [-0.2, -0.15) is 0 Å². The first-order chi connectivity index (χ1) is 9.11. The van der Waals surface area contributed by atoms with Gasteiger partial charge in [0.1, 0.15) is 17.8 Å². The molecule has 0 radical (unpaired) electrons. The topological polar surface area (TPSA) is 46.5 Å². The Balaban J connectivity index is 2.26. The van der Waals surface area contributed by atoms with Crippen molar-refractivity contribution in [2.24, 2.45) is 11.3 Å². The molecule has 0 spiro atoms. The number of hydrogen-bond acceptors (Lipinski definition) is 2. The maximum absolute atomic E-state index is 11.8. The summed E-state index contributed by atoms with van der Waals surface area (Å²) in [7, 11) is 0. The highest BCUT2D eigenvalue weighted by atomic mass is 16.5. The Morgan fingerprint density at radius 1 is 1.37 bits per heavy atom. The largest absolute Gasteiger partial charge is 0.492 e. The van der Waals surface area contributed by atoms with E-state index in [-0.39, 0.29) is 6.61 Å². The van der Waals surface area contributed by atoms with Gasteiger partial charge < -0.3 is 9.84 Å². The van der Waals surface area contributed by atoms with Crippen LogP contribution in [-0.2, 0) is 11.2 Å². The molecule has 19 heavy (non-hydrogen) atoms. The summed E-state index contributed by atoms with van der Waals surface area (Å²) in [6.07, 6.45) is 3.32. The van der Waals surface area contributed by atoms with E-state index in [1.165, 1.54) is 0 Å². The smallest absolute Gasteiger partial charge is 0.313 e. The first-order valence-corrected chi connectivity index (χ1v) is 7.05. The summed E-state index contributed by atoms with van der Waals surface area (Å²) in [5, 5.41) is 9.67. The number of carboxylic acids is 1. The number of para-hydroxylation sites is 1. The van der Waals surface area contributed by atoms with E-state index < -0.39 is 11.4 Å². The normalized spacial score (nSPS) is 21.8. The third kappa shape index (κ3) is 2.75. The predicted molar refractivity (Wildman–Crippen MR) is 74.4 cm³/mol. The Labute approximate surface area is 114 Å². The minimum Gasteiger partial charge on any atom is -0.492 e. The van der Waals surface area contributed by atoms with Crippen molar-refractivity contribution in [2.75, 3.05) is 6.61 Å². The summed E-state index contributed by atoms with van der Waals surface area (Å²) >= 11 is 0. The lowest BCUT2D eigenvalue weighted by Crippen LogP contribution is -2.43.